The highest BCUT2D eigenvalue weighted by Gasteiger charge is 2.16. The number of aromatic carboxylic acids is 1. The number of methoxy groups -OCH3 is 1. The van der Waals surface area contributed by atoms with E-state index in [1.807, 2.05) is 0 Å². The highest BCUT2D eigenvalue weighted by Crippen LogP contribution is 2.30. The summed E-state index contributed by atoms with van der Waals surface area (Å²) in [6.07, 6.45) is 1.54. The molecule has 0 saturated carbocycles. The third kappa shape index (κ3) is 5.75. The molecule has 3 rings (SSSR count). The average molecular weight is 459 g/mol. The van der Waals surface area contributed by atoms with Crippen molar-refractivity contribution < 1.29 is 24.2 Å². The first-order valence-electron chi connectivity index (χ1n) is 8.85. The van der Waals surface area contributed by atoms with Crippen molar-refractivity contribution in [3.05, 3.63) is 87.4 Å². The predicted octanol–water partition coefficient (Wildman–Crippen LogP) is 5.37. The van der Waals surface area contributed by atoms with Crippen LogP contribution in [-0.2, 0) is 0 Å². The standard InChI is InChI=1S/C22H16Cl2N2O5/c1-30-20-10-13(12-25-26-16-6-3-14(4-7-16)21(27)28)2-9-19(20)31-22(29)17-8-5-15(23)11-18(17)24/h2-12,26H,1H3,(H,27,28). The van der Waals surface area contributed by atoms with Gasteiger partial charge in [0.05, 0.1) is 35.2 Å². The molecule has 0 bridgehead atoms. The first-order chi connectivity index (χ1) is 14.9. The molecule has 2 N–H and O–H groups in total. The van der Waals surface area contributed by atoms with Gasteiger partial charge in [0.2, 0.25) is 0 Å². The number of hydrazone groups is 1. The van der Waals surface area contributed by atoms with E-state index in [4.69, 9.17) is 37.8 Å². The lowest BCUT2D eigenvalue weighted by Crippen LogP contribution is -2.10. The first-order valence-corrected chi connectivity index (χ1v) is 9.60. The van der Waals surface area contributed by atoms with Gasteiger partial charge in [-0.05, 0) is 66.2 Å². The predicted molar refractivity (Wildman–Crippen MR) is 119 cm³/mol. The van der Waals surface area contributed by atoms with Crippen molar-refractivity contribution in [1.82, 2.24) is 0 Å². The van der Waals surface area contributed by atoms with E-state index in [9.17, 15) is 9.59 Å². The Morgan fingerprint density at radius 2 is 1.74 bits per heavy atom. The lowest BCUT2D eigenvalue weighted by Gasteiger charge is -2.10. The molecule has 3 aromatic carbocycles. The molecule has 0 aliphatic rings. The number of esters is 1. The van der Waals surface area contributed by atoms with Crippen molar-refractivity contribution in [3.63, 3.8) is 0 Å². The van der Waals surface area contributed by atoms with Gasteiger partial charge in [0.1, 0.15) is 0 Å². The van der Waals surface area contributed by atoms with Crippen molar-refractivity contribution in [1.29, 1.82) is 0 Å². The number of nitrogens with one attached hydrogen (secondary N) is 1. The van der Waals surface area contributed by atoms with Crippen molar-refractivity contribution in [2.24, 2.45) is 5.10 Å². The summed E-state index contributed by atoms with van der Waals surface area (Å²) < 4.78 is 10.7. The number of halogens is 2. The van der Waals surface area contributed by atoms with E-state index in [1.54, 1.807) is 36.4 Å². The van der Waals surface area contributed by atoms with E-state index >= 15 is 0 Å². The quantitative estimate of drug-likeness (QED) is 0.214. The summed E-state index contributed by atoms with van der Waals surface area (Å²) in [5, 5.41) is 13.6. The number of benzene rings is 3. The fourth-order valence-corrected chi connectivity index (χ4v) is 3.01. The van der Waals surface area contributed by atoms with Crippen LogP contribution in [0.1, 0.15) is 26.3 Å². The van der Waals surface area contributed by atoms with E-state index in [0.29, 0.717) is 22.0 Å². The summed E-state index contributed by atoms with van der Waals surface area (Å²) in [6, 6.07) is 15.5. The van der Waals surface area contributed by atoms with Crippen LogP contribution >= 0.6 is 23.2 Å². The first kappa shape index (κ1) is 22.1. The second kappa shape index (κ2) is 9.97. The Morgan fingerprint density at radius 3 is 2.39 bits per heavy atom. The number of hydrogen-bond acceptors (Lipinski definition) is 6. The smallest absolute Gasteiger partial charge is 0.345 e. The van der Waals surface area contributed by atoms with Crippen LogP contribution in [0.3, 0.4) is 0 Å². The fraction of sp³-hybridized carbons (Fsp3) is 0.0455. The van der Waals surface area contributed by atoms with Crippen LogP contribution in [0.4, 0.5) is 5.69 Å². The minimum atomic E-state index is -0.999. The van der Waals surface area contributed by atoms with Crippen molar-refractivity contribution >= 4 is 47.0 Å². The third-order valence-electron chi connectivity index (χ3n) is 4.08. The molecule has 0 spiro atoms. The monoisotopic (exact) mass is 458 g/mol. The number of carbonyl (C=O) groups is 2. The fourth-order valence-electron chi connectivity index (χ4n) is 2.53. The van der Waals surface area contributed by atoms with Gasteiger partial charge in [-0.2, -0.15) is 5.10 Å². The normalized spacial score (nSPS) is 10.7. The highest BCUT2D eigenvalue weighted by molar-refractivity contribution is 6.36. The molecule has 0 aliphatic carbocycles. The molecule has 3 aromatic rings. The van der Waals surface area contributed by atoms with E-state index in [0.717, 1.165) is 0 Å². The number of rotatable bonds is 7. The van der Waals surface area contributed by atoms with Crippen LogP contribution in [0.15, 0.2) is 65.8 Å². The van der Waals surface area contributed by atoms with Crippen LogP contribution in [0.5, 0.6) is 11.5 Å². The Kier molecular flexibility index (Phi) is 7.12. The summed E-state index contributed by atoms with van der Waals surface area (Å²) in [5.41, 5.74) is 4.46. The highest BCUT2D eigenvalue weighted by atomic mass is 35.5. The van der Waals surface area contributed by atoms with E-state index < -0.39 is 11.9 Å². The van der Waals surface area contributed by atoms with Crippen LogP contribution in [0.25, 0.3) is 0 Å². The molecule has 0 heterocycles. The van der Waals surface area contributed by atoms with Gasteiger partial charge in [-0.25, -0.2) is 9.59 Å². The number of carbonyl (C=O) groups excluding carboxylic acids is 1. The molecular weight excluding hydrogens is 443 g/mol. The minimum absolute atomic E-state index is 0.178. The number of carboxylic acid groups (broad SMARTS) is 1. The van der Waals surface area contributed by atoms with Crippen molar-refractivity contribution in [2.75, 3.05) is 12.5 Å². The molecule has 0 radical (unpaired) electrons. The molecule has 31 heavy (non-hydrogen) atoms. The van der Waals surface area contributed by atoms with E-state index in [2.05, 4.69) is 10.5 Å². The van der Waals surface area contributed by atoms with Gasteiger partial charge in [-0.3, -0.25) is 5.43 Å². The lowest BCUT2D eigenvalue weighted by atomic mass is 10.2. The molecule has 9 heteroatoms. The second-order valence-electron chi connectivity index (χ2n) is 6.18. The zero-order valence-corrected chi connectivity index (χ0v) is 17.6. The molecule has 0 unspecified atom stereocenters. The van der Waals surface area contributed by atoms with Crippen LogP contribution in [-0.4, -0.2) is 30.4 Å². The zero-order valence-electron chi connectivity index (χ0n) is 16.1. The summed E-state index contributed by atoms with van der Waals surface area (Å²) in [4.78, 5) is 23.3. The number of carboxylic acids is 1. The summed E-state index contributed by atoms with van der Waals surface area (Å²) in [7, 11) is 1.45. The Labute approximate surface area is 187 Å². The minimum Gasteiger partial charge on any atom is -0.493 e. The van der Waals surface area contributed by atoms with Crippen LogP contribution in [0.2, 0.25) is 10.0 Å². The van der Waals surface area contributed by atoms with Crippen molar-refractivity contribution in [2.45, 2.75) is 0 Å². The largest absolute Gasteiger partial charge is 0.493 e. The Balaban J connectivity index is 1.69. The topological polar surface area (TPSA) is 97.2 Å². The Bertz CT molecular complexity index is 1150. The zero-order chi connectivity index (χ0) is 22.4. The molecule has 0 atom stereocenters. The SMILES string of the molecule is COc1cc(C=NNc2ccc(C(=O)O)cc2)ccc1OC(=O)c1ccc(Cl)cc1Cl. The number of ether oxygens (including phenoxy) is 2. The van der Waals surface area contributed by atoms with Crippen LogP contribution in [0, 0.1) is 0 Å². The van der Waals surface area contributed by atoms with Gasteiger partial charge in [-0.1, -0.05) is 23.2 Å². The van der Waals surface area contributed by atoms with Crippen molar-refractivity contribution in [3.8, 4) is 11.5 Å². The van der Waals surface area contributed by atoms with Gasteiger partial charge in [0.25, 0.3) is 0 Å². The molecule has 158 valence electrons. The maximum absolute atomic E-state index is 12.4. The molecule has 0 aliphatic heterocycles. The number of hydrogen-bond donors (Lipinski definition) is 2. The average Bonchev–Trinajstić information content (AvgIpc) is 2.75. The van der Waals surface area contributed by atoms with Gasteiger partial charge >= 0.3 is 11.9 Å². The lowest BCUT2D eigenvalue weighted by molar-refractivity contribution is 0.0694. The van der Waals surface area contributed by atoms with E-state index in [-0.39, 0.29) is 21.9 Å². The molecule has 7 nitrogen and oxygen atoms in total. The van der Waals surface area contributed by atoms with Crippen LogP contribution < -0.4 is 14.9 Å². The summed E-state index contributed by atoms with van der Waals surface area (Å²) in [6.45, 7) is 0. The van der Waals surface area contributed by atoms with Gasteiger partial charge in [0, 0.05) is 5.02 Å². The number of anilines is 1. The Hall–Kier alpha value is -3.55. The molecule has 0 fully saturated rings. The maximum Gasteiger partial charge on any atom is 0.345 e. The third-order valence-corrected chi connectivity index (χ3v) is 4.63. The summed E-state index contributed by atoms with van der Waals surface area (Å²) in [5.74, 6) is -1.10. The van der Waals surface area contributed by atoms with Gasteiger partial charge in [-0.15, -0.1) is 0 Å². The van der Waals surface area contributed by atoms with Gasteiger partial charge < -0.3 is 14.6 Å². The molecule has 0 amide bonds. The second-order valence-corrected chi connectivity index (χ2v) is 7.02. The summed E-state index contributed by atoms with van der Waals surface area (Å²) >= 11 is 11.9. The maximum atomic E-state index is 12.4. The Morgan fingerprint density at radius 1 is 1.00 bits per heavy atom. The van der Waals surface area contributed by atoms with E-state index in [1.165, 1.54) is 37.6 Å². The number of nitrogens with zero attached hydrogens (tertiary/aromatic N) is 1. The molecular formula is C22H16Cl2N2O5. The van der Waals surface area contributed by atoms with Gasteiger partial charge in [0.15, 0.2) is 11.5 Å². The molecule has 0 aromatic heterocycles. The molecule has 0 saturated heterocycles.